The molecule has 2 aliphatic rings. The van der Waals surface area contributed by atoms with Crippen LogP contribution in [0.1, 0.15) is 49.5 Å². The van der Waals surface area contributed by atoms with Gasteiger partial charge in [-0.2, -0.15) is 0 Å². The summed E-state index contributed by atoms with van der Waals surface area (Å²) >= 11 is 0. The van der Waals surface area contributed by atoms with Crippen molar-refractivity contribution in [1.29, 1.82) is 0 Å². The van der Waals surface area contributed by atoms with Gasteiger partial charge in [0, 0.05) is 32.2 Å². The molecular formula is C36H45N3O6Si. The summed E-state index contributed by atoms with van der Waals surface area (Å²) in [5, 5.41) is 2.38. The highest BCUT2D eigenvalue weighted by Crippen LogP contribution is 2.36. The Morgan fingerprint density at radius 1 is 0.848 bits per heavy atom. The summed E-state index contributed by atoms with van der Waals surface area (Å²) in [6, 6.07) is 27.8. The minimum Gasteiger partial charge on any atom is -0.465 e. The monoisotopic (exact) mass is 643 g/mol. The van der Waals surface area contributed by atoms with Gasteiger partial charge in [-0.25, -0.2) is 14.4 Å². The van der Waals surface area contributed by atoms with E-state index in [0.717, 1.165) is 5.56 Å². The SMILES string of the molecule is COC(=O)c1ccc(CN2C[C@@H](C(O[SiH](c3ccccc3)c3ccccc3)C(C)(C)C)N(C3CCN(C(=O)OC)CC3)C2=O)cc1. The minimum absolute atomic E-state index is 0.0333. The number of hydrogen-bond donors (Lipinski definition) is 0. The third kappa shape index (κ3) is 7.45. The smallest absolute Gasteiger partial charge is 0.409 e. The van der Waals surface area contributed by atoms with Crippen LogP contribution < -0.4 is 10.4 Å². The zero-order chi connectivity index (χ0) is 32.8. The van der Waals surface area contributed by atoms with E-state index in [1.165, 1.54) is 24.6 Å². The fraction of sp³-hybridized carbons (Fsp3) is 0.417. The van der Waals surface area contributed by atoms with Crippen LogP contribution in [-0.4, -0.2) is 93.9 Å². The van der Waals surface area contributed by atoms with Crippen molar-refractivity contribution < 1.29 is 28.3 Å². The third-order valence-corrected chi connectivity index (χ3v) is 11.5. The Bertz CT molecular complexity index is 1430. The number of amides is 3. The second kappa shape index (κ2) is 14.5. The largest absolute Gasteiger partial charge is 0.465 e. The molecule has 2 atom stereocenters. The van der Waals surface area contributed by atoms with E-state index >= 15 is 0 Å². The molecule has 0 aromatic heterocycles. The number of nitrogens with zero attached hydrogens (tertiary/aromatic N) is 3. The molecule has 3 aromatic carbocycles. The average Bonchev–Trinajstić information content (AvgIpc) is 3.39. The normalized spacial score (nSPS) is 18.2. The quantitative estimate of drug-likeness (QED) is 0.256. The van der Waals surface area contributed by atoms with Crippen molar-refractivity contribution in [2.75, 3.05) is 33.9 Å². The van der Waals surface area contributed by atoms with E-state index in [0.29, 0.717) is 44.6 Å². The van der Waals surface area contributed by atoms with Gasteiger partial charge in [0.25, 0.3) is 0 Å². The van der Waals surface area contributed by atoms with E-state index in [4.69, 9.17) is 13.9 Å². The van der Waals surface area contributed by atoms with Crippen molar-refractivity contribution in [3.8, 4) is 0 Å². The van der Waals surface area contributed by atoms with Crippen molar-refractivity contribution in [3.63, 3.8) is 0 Å². The number of ether oxygens (including phenoxy) is 2. The number of methoxy groups -OCH3 is 2. The second-order valence-corrected chi connectivity index (χ2v) is 15.5. The van der Waals surface area contributed by atoms with Crippen LogP contribution in [-0.2, 0) is 20.4 Å². The average molecular weight is 644 g/mol. The Labute approximate surface area is 273 Å². The molecule has 2 heterocycles. The van der Waals surface area contributed by atoms with Crippen molar-refractivity contribution in [2.24, 2.45) is 5.41 Å². The van der Waals surface area contributed by atoms with Gasteiger partial charge < -0.3 is 28.6 Å². The number of likely N-dealkylation sites (tertiary alicyclic amines) is 1. The lowest BCUT2D eigenvalue weighted by molar-refractivity contribution is 0.00659. The number of urea groups is 1. The molecule has 0 aliphatic carbocycles. The molecule has 3 aromatic rings. The van der Waals surface area contributed by atoms with E-state index in [9.17, 15) is 14.4 Å². The first-order chi connectivity index (χ1) is 22.1. The van der Waals surface area contributed by atoms with Crippen LogP contribution in [0, 0.1) is 5.41 Å². The molecule has 0 N–H and O–H groups in total. The Morgan fingerprint density at radius 3 is 1.91 bits per heavy atom. The number of benzene rings is 3. The topological polar surface area (TPSA) is 88.6 Å². The molecule has 2 fully saturated rings. The standard InChI is InChI=1S/C36H45N3O6Si/c1-36(2,3)32(45-46(29-12-8-6-9-13-29)30-14-10-7-11-15-30)31-25-38(24-26-16-18-27(19-17-26)33(40)43-4)34(41)39(31)28-20-22-37(23-21-28)35(42)44-5/h6-19,28,31-32,46H,20-25H2,1-5H3/t31-,32?/m0/s1. The highest BCUT2D eigenvalue weighted by atomic mass is 28.3. The van der Waals surface area contributed by atoms with Gasteiger partial charge in [-0.15, -0.1) is 0 Å². The maximum absolute atomic E-state index is 14.4. The van der Waals surface area contributed by atoms with Gasteiger partial charge in [-0.3, -0.25) is 0 Å². The molecule has 244 valence electrons. The second-order valence-electron chi connectivity index (χ2n) is 13.1. The van der Waals surface area contributed by atoms with Crippen molar-refractivity contribution in [2.45, 2.75) is 58.3 Å². The lowest BCUT2D eigenvalue weighted by atomic mass is 9.83. The molecule has 46 heavy (non-hydrogen) atoms. The van der Waals surface area contributed by atoms with Gasteiger partial charge in [0.2, 0.25) is 9.04 Å². The maximum atomic E-state index is 14.4. The van der Waals surface area contributed by atoms with E-state index < -0.39 is 15.0 Å². The van der Waals surface area contributed by atoms with Gasteiger partial charge >= 0.3 is 18.1 Å². The molecule has 10 heteroatoms. The number of carbonyl (C=O) groups is 3. The highest BCUT2D eigenvalue weighted by molar-refractivity contribution is 6.80. The third-order valence-electron chi connectivity index (χ3n) is 8.99. The summed E-state index contributed by atoms with van der Waals surface area (Å²) in [6.45, 7) is 8.52. The molecule has 0 saturated carbocycles. The molecule has 1 unspecified atom stereocenters. The predicted octanol–water partition coefficient (Wildman–Crippen LogP) is 4.28. The zero-order valence-electron chi connectivity index (χ0n) is 27.4. The molecule has 5 rings (SSSR count). The van der Waals surface area contributed by atoms with E-state index in [1.807, 2.05) is 29.2 Å². The van der Waals surface area contributed by atoms with E-state index in [1.54, 1.807) is 17.0 Å². The summed E-state index contributed by atoms with van der Waals surface area (Å²) in [5.74, 6) is -0.394. The number of esters is 1. The van der Waals surface area contributed by atoms with Crippen LogP contribution in [0.4, 0.5) is 9.59 Å². The summed E-state index contributed by atoms with van der Waals surface area (Å²) in [6.07, 6.45) is 0.719. The number of hydrogen-bond acceptors (Lipinski definition) is 6. The lowest BCUT2D eigenvalue weighted by Crippen LogP contribution is -2.59. The first-order valence-corrected chi connectivity index (χ1v) is 17.6. The summed E-state index contributed by atoms with van der Waals surface area (Å²) in [4.78, 5) is 44.3. The highest BCUT2D eigenvalue weighted by Gasteiger charge is 2.49. The van der Waals surface area contributed by atoms with Gasteiger partial charge in [0.1, 0.15) is 0 Å². The molecule has 9 nitrogen and oxygen atoms in total. The molecule has 0 radical (unpaired) electrons. The van der Waals surface area contributed by atoms with Gasteiger partial charge in [0.15, 0.2) is 0 Å². The maximum Gasteiger partial charge on any atom is 0.409 e. The van der Waals surface area contributed by atoms with Crippen LogP contribution in [0.5, 0.6) is 0 Å². The summed E-state index contributed by atoms with van der Waals surface area (Å²) in [7, 11) is 0.600. The van der Waals surface area contributed by atoms with Crippen molar-refractivity contribution >= 4 is 37.5 Å². The summed E-state index contributed by atoms with van der Waals surface area (Å²) < 4.78 is 17.2. The fourth-order valence-electron chi connectivity index (χ4n) is 6.66. The first kappa shape index (κ1) is 33.2. The zero-order valence-corrected chi connectivity index (χ0v) is 28.6. The van der Waals surface area contributed by atoms with E-state index in [2.05, 4.69) is 74.2 Å². The fourth-order valence-corrected chi connectivity index (χ4v) is 9.39. The number of carbonyl (C=O) groups excluding carboxylic acids is 3. The molecule has 0 bridgehead atoms. The van der Waals surface area contributed by atoms with Gasteiger partial charge in [-0.1, -0.05) is 93.6 Å². The molecular weight excluding hydrogens is 598 g/mol. The molecule has 3 amide bonds. The van der Waals surface area contributed by atoms with E-state index in [-0.39, 0.29) is 35.7 Å². The Kier molecular flexibility index (Phi) is 10.5. The summed E-state index contributed by atoms with van der Waals surface area (Å²) in [5.41, 5.74) is 1.11. The van der Waals surface area contributed by atoms with Gasteiger partial charge in [0.05, 0.1) is 31.9 Å². The van der Waals surface area contributed by atoms with Crippen molar-refractivity contribution in [1.82, 2.24) is 14.7 Å². The minimum atomic E-state index is -2.16. The van der Waals surface area contributed by atoms with Crippen LogP contribution in [0.25, 0.3) is 0 Å². The van der Waals surface area contributed by atoms with Crippen LogP contribution in [0.3, 0.4) is 0 Å². The Morgan fingerprint density at radius 2 is 1.41 bits per heavy atom. The first-order valence-electron chi connectivity index (χ1n) is 15.9. The van der Waals surface area contributed by atoms with Crippen LogP contribution in [0.15, 0.2) is 84.9 Å². The molecule has 0 spiro atoms. The number of piperidine rings is 1. The Hall–Kier alpha value is -4.15. The van der Waals surface area contributed by atoms with Crippen LogP contribution >= 0.6 is 0 Å². The molecule has 2 aliphatic heterocycles. The Balaban J connectivity index is 1.48. The molecule has 2 saturated heterocycles. The van der Waals surface area contributed by atoms with Crippen LogP contribution in [0.2, 0.25) is 0 Å². The van der Waals surface area contributed by atoms with Crippen molar-refractivity contribution in [3.05, 3.63) is 96.1 Å². The van der Waals surface area contributed by atoms with Gasteiger partial charge in [-0.05, 0) is 46.3 Å². The lowest BCUT2D eigenvalue weighted by Gasteiger charge is -2.44. The predicted molar refractivity (Wildman–Crippen MR) is 180 cm³/mol. The number of rotatable bonds is 9.